The van der Waals surface area contributed by atoms with Crippen LogP contribution >= 0.6 is 23.2 Å². The summed E-state index contributed by atoms with van der Waals surface area (Å²) in [6, 6.07) is 12.6. The van der Waals surface area contributed by atoms with E-state index < -0.39 is 17.7 Å². The molecular weight excluding hydrogens is 721 g/mol. The van der Waals surface area contributed by atoms with Gasteiger partial charge in [0.05, 0.1) is 53.6 Å². The number of pyridine rings is 2. The maximum atomic E-state index is 17.2. The van der Waals surface area contributed by atoms with Gasteiger partial charge in [0.25, 0.3) is 5.88 Å². The Bertz CT molecular complexity index is 2360. The molecule has 2 aliphatic carbocycles. The number of methoxy groups -OCH3 is 1. The second kappa shape index (κ2) is 13.1. The molecule has 2 aromatic carbocycles. The second-order valence-electron chi connectivity index (χ2n) is 14.7. The van der Waals surface area contributed by atoms with Gasteiger partial charge in [-0.15, -0.1) is 0 Å². The number of hydrogen-bond donors (Lipinski definition) is 1. The normalized spacial score (nSPS) is 23.4. The van der Waals surface area contributed by atoms with Gasteiger partial charge in [0, 0.05) is 70.7 Å². The molecule has 5 aliphatic rings. The maximum absolute atomic E-state index is 17.2. The number of nitriles is 1. The number of amides is 1. The zero-order valence-electron chi connectivity index (χ0n) is 29.1. The van der Waals surface area contributed by atoms with Gasteiger partial charge in [0.15, 0.2) is 11.6 Å². The number of aryl methyl sites for hydroxylation is 2. The van der Waals surface area contributed by atoms with Crippen molar-refractivity contribution >= 4 is 50.9 Å². The molecule has 3 aliphatic heterocycles. The summed E-state index contributed by atoms with van der Waals surface area (Å²) >= 11 is 13.1. The van der Waals surface area contributed by atoms with Crippen LogP contribution in [0.25, 0.3) is 32.9 Å². The van der Waals surface area contributed by atoms with E-state index in [1.165, 1.54) is 13.2 Å². The summed E-state index contributed by atoms with van der Waals surface area (Å²) in [7, 11) is 1.45. The molecule has 5 fully saturated rings. The minimum atomic E-state index is -0.550. The zero-order chi connectivity index (χ0) is 36.7. The molecule has 13 heteroatoms. The molecule has 10 rings (SSSR count). The van der Waals surface area contributed by atoms with Crippen LogP contribution in [-0.4, -0.2) is 57.7 Å². The van der Waals surface area contributed by atoms with Crippen LogP contribution in [0.3, 0.4) is 0 Å². The Morgan fingerprint density at radius 3 is 2.70 bits per heavy atom. The van der Waals surface area contributed by atoms with Gasteiger partial charge in [0.2, 0.25) is 5.91 Å². The van der Waals surface area contributed by atoms with E-state index in [-0.39, 0.29) is 64.1 Å². The fourth-order valence-electron chi connectivity index (χ4n) is 8.90. The number of fused-ring (bicyclic) bond motifs is 4. The van der Waals surface area contributed by atoms with Crippen molar-refractivity contribution in [3.05, 3.63) is 81.2 Å². The standard InChI is InChI=1S/C40H36Cl2F2N6O3/c1-19-26-15-31(30-14-24(18-49(30)40(51)20-8-9-20)53-32-13-23(43)17-47-39(32)52-2)50(37-22-12-29(37)46-16-22)38(26)27-11-21(5-4-10-45)33(35(44)36(27)48-19)25-6-3-7-28(41)34(25)42/h3,6-7,11,13,15,17,20,22,24,29-30,37,46H,4-5,8-9,12,14,16,18H2,1-2H3/t22-,24+,29-,30-,37+/m1/s1. The molecule has 6 heterocycles. The molecule has 3 aromatic heterocycles. The smallest absolute Gasteiger partial charge is 0.256 e. The van der Waals surface area contributed by atoms with Crippen LogP contribution in [0, 0.1) is 41.7 Å². The number of benzene rings is 2. The highest BCUT2D eigenvalue weighted by molar-refractivity contribution is 6.43. The summed E-state index contributed by atoms with van der Waals surface area (Å²) < 4.78 is 45.6. The summed E-state index contributed by atoms with van der Waals surface area (Å²) in [6.07, 6.45) is 4.25. The van der Waals surface area contributed by atoms with Crippen molar-refractivity contribution < 1.29 is 23.0 Å². The van der Waals surface area contributed by atoms with Crippen molar-refractivity contribution in [3.63, 3.8) is 0 Å². The first kappa shape index (κ1) is 34.3. The van der Waals surface area contributed by atoms with Crippen molar-refractivity contribution in [2.75, 3.05) is 20.2 Å². The fraction of sp³-hybridized carbons (Fsp3) is 0.400. The average Bonchev–Trinajstić information content (AvgIpc) is 3.43. The number of rotatable bonds is 9. The van der Waals surface area contributed by atoms with Gasteiger partial charge >= 0.3 is 0 Å². The lowest BCUT2D eigenvalue weighted by Crippen LogP contribution is -2.41. The summed E-state index contributed by atoms with van der Waals surface area (Å²) in [6.45, 7) is 3.06. The van der Waals surface area contributed by atoms with Crippen molar-refractivity contribution in [1.82, 2.24) is 24.8 Å². The Labute approximate surface area is 314 Å². The number of hydrogen-bond acceptors (Lipinski definition) is 7. The molecule has 272 valence electrons. The second-order valence-corrected chi connectivity index (χ2v) is 15.5. The SMILES string of the molecule is COc1ncc(F)cc1O[C@H]1C[C@H](c2cc3c(C)nc4c(F)c(-c5cccc(Cl)c5Cl)c(CCC#N)cc4c3n2[C@H]2[C@H]3CN[C@@H]2C3)N(C(=O)C2CC2)C1. The Balaban J connectivity index is 1.25. The number of carbonyl (C=O) groups is 1. The third-order valence-corrected chi connectivity index (χ3v) is 12.3. The van der Waals surface area contributed by atoms with Gasteiger partial charge < -0.3 is 24.3 Å². The summed E-state index contributed by atoms with van der Waals surface area (Å²) in [4.78, 5) is 24.9. The molecule has 1 N–H and O–H groups in total. The Morgan fingerprint density at radius 1 is 1.15 bits per heavy atom. The molecule has 53 heavy (non-hydrogen) atoms. The number of nitrogens with one attached hydrogen (secondary N) is 1. The van der Waals surface area contributed by atoms with Gasteiger partial charge in [-0.1, -0.05) is 35.3 Å². The van der Waals surface area contributed by atoms with Crippen LogP contribution in [0.2, 0.25) is 10.0 Å². The van der Waals surface area contributed by atoms with Crippen LogP contribution in [0.1, 0.15) is 61.1 Å². The first-order valence-electron chi connectivity index (χ1n) is 18.0. The first-order valence-corrected chi connectivity index (χ1v) is 18.8. The molecule has 9 nitrogen and oxygen atoms in total. The largest absolute Gasteiger partial charge is 0.483 e. The topological polar surface area (TPSA) is 105 Å². The van der Waals surface area contributed by atoms with Crippen LogP contribution in [0.5, 0.6) is 11.6 Å². The third kappa shape index (κ3) is 5.60. The lowest BCUT2D eigenvalue weighted by Gasteiger charge is -2.39. The van der Waals surface area contributed by atoms with E-state index in [9.17, 15) is 14.4 Å². The Hall–Kier alpha value is -4.50. The monoisotopic (exact) mass is 756 g/mol. The molecule has 0 radical (unpaired) electrons. The molecule has 2 saturated carbocycles. The van der Waals surface area contributed by atoms with Crippen molar-refractivity contribution in [3.8, 4) is 28.8 Å². The van der Waals surface area contributed by atoms with Crippen molar-refractivity contribution in [1.29, 1.82) is 5.26 Å². The predicted octanol–water partition coefficient (Wildman–Crippen LogP) is 8.27. The highest BCUT2D eigenvalue weighted by Gasteiger charge is 2.51. The number of nitrogens with zero attached hydrogens (tertiary/aromatic N) is 5. The van der Waals surface area contributed by atoms with E-state index in [0.29, 0.717) is 52.5 Å². The minimum Gasteiger partial charge on any atom is -0.483 e. The minimum absolute atomic E-state index is 0.0428. The highest BCUT2D eigenvalue weighted by atomic mass is 35.5. The Kier molecular flexibility index (Phi) is 8.48. The molecule has 5 aromatic rings. The zero-order valence-corrected chi connectivity index (χ0v) is 30.6. The van der Waals surface area contributed by atoms with E-state index in [0.717, 1.165) is 48.6 Å². The van der Waals surface area contributed by atoms with Crippen LogP contribution in [-0.2, 0) is 11.2 Å². The number of carbonyl (C=O) groups excluding carboxylic acids is 1. The van der Waals surface area contributed by atoms with E-state index in [1.807, 2.05) is 17.9 Å². The lowest BCUT2D eigenvalue weighted by atomic mass is 9.79. The average molecular weight is 758 g/mol. The molecular formula is C40H36Cl2F2N6O3. The number of aromatic nitrogens is 3. The summed E-state index contributed by atoms with van der Waals surface area (Å²) in [5.41, 5.74) is 4.01. The van der Waals surface area contributed by atoms with Gasteiger partial charge in [-0.05, 0) is 62.3 Å². The molecule has 5 atom stereocenters. The Morgan fingerprint density at radius 2 is 1.98 bits per heavy atom. The highest BCUT2D eigenvalue weighted by Crippen LogP contribution is 2.51. The van der Waals surface area contributed by atoms with Crippen LogP contribution in [0.4, 0.5) is 8.78 Å². The van der Waals surface area contributed by atoms with Crippen molar-refractivity contribution in [2.45, 2.75) is 69.7 Å². The number of halogens is 4. The van der Waals surface area contributed by atoms with Gasteiger partial charge in [-0.25, -0.2) is 18.7 Å². The number of ether oxygens (including phenoxy) is 2. The number of likely N-dealkylation sites (tertiary alicyclic amines) is 1. The van der Waals surface area contributed by atoms with E-state index in [4.69, 9.17) is 37.7 Å². The van der Waals surface area contributed by atoms with Crippen LogP contribution in [0.15, 0.2) is 42.6 Å². The predicted molar refractivity (Wildman–Crippen MR) is 197 cm³/mol. The maximum Gasteiger partial charge on any atom is 0.256 e. The van der Waals surface area contributed by atoms with E-state index in [1.54, 1.807) is 18.2 Å². The molecule has 0 unspecified atom stereocenters. The lowest BCUT2D eigenvalue weighted by molar-refractivity contribution is -0.133. The van der Waals surface area contributed by atoms with Crippen LogP contribution < -0.4 is 14.8 Å². The third-order valence-electron chi connectivity index (χ3n) is 11.5. The summed E-state index contributed by atoms with van der Waals surface area (Å²) in [5, 5.41) is 15.3. The first-order chi connectivity index (χ1) is 25.7. The van der Waals surface area contributed by atoms with Crippen molar-refractivity contribution in [2.24, 2.45) is 11.8 Å². The molecule has 1 amide bonds. The quantitative estimate of drug-likeness (QED) is 0.161. The summed E-state index contributed by atoms with van der Waals surface area (Å²) in [5.74, 6) is -0.336. The van der Waals surface area contributed by atoms with E-state index >= 15 is 4.39 Å². The van der Waals surface area contributed by atoms with Gasteiger partial charge in [-0.2, -0.15) is 5.26 Å². The molecule has 0 spiro atoms. The molecule has 2 bridgehead atoms. The molecule has 3 saturated heterocycles. The fourth-order valence-corrected chi connectivity index (χ4v) is 9.29. The van der Waals surface area contributed by atoms with Gasteiger partial charge in [-0.3, -0.25) is 4.79 Å². The van der Waals surface area contributed by atoms with Gasteiger partial charge in [0.1, 0.15) is 17.4 Å². The van der Waals surface area contributed by atoms with E-state index in [2.05, 4.69) is 27.0 Å².